The zero-order valence-electron chi connectivity index (χ0n) is 12.5. The second-order valence-corrected chi connectivity index (χ2v) is 5.70. The van der Waals surface area contributed by atoms with Crippen molar-refractivity contribution in [3.8, 4) is 0 Å². The Morgan fingerprint density at radius 2 is 1.90 bits per heavy atom. The van der Waals surface area contributed by atoms with Gasteiger partial charge in [0.05, 0.1) is 5.60 Å². The second kappa shape index (κ2) is 7.41. The van der Waals surface area contributed by atoms with E-state index in [0.29, 0.717) is 19.5 Å². The Morgan fingerprint density at radius 3 is 2.40 bits per heavy atom. The Hall–Kier alpha value is -1.39. The SMILES string of the molecule is CC(C)N(CCCC(=O)O)CC(C)(O)c1ccccc1. The Bertz CT molecular complexity index is 415. The zero-order chi connectivity index (χ0) is 15.2. The first-order valence-electron chi connectivity index (χ1n) is 7.06. The maximum absolute atomic E-state index is 10.7. The lowest BCUT2D eigenvalue weighted by Crippen LogP contribution is -2.43. The summed E-state index contributed by atoms with van der Waals surface area (Å²) in [5.41, 5.74) is -0.0572. The van der Waals surface area contributed by atoms with E-state index in [9.17, 15) is 9.90 Å². The van der Waals surface area contributed by atoms with Gasteiger partial charge in [-0.3, -0.25) is 9.69 Å². The minimum atomic E-state index is -0.936. The number of hydrogen-bond acceptors (Lipinski definition) is 3. The van der Waals surface area contributed by atoms with E-state index in [1.807, 2.05) is 30.3 Å². The number of benzene rings is 1. The van der Waals surface area contributed by atoms with E-state index < -0.39 is 11.6 Å². The number of hydrogen-bond donors (Lipinski definition) is 2. The lowest BCUT2D eigenvalue weighted by Gasteiger charge is -2.34. The fraction of sp³-hybridized carbons (Fsp3) is 0.562. The van der Waals surface area contributed by atoms with Crippen LogP contribution in [-0.4, -0.2) is 40.2 Å². The first-order valence-corrected chi connectivity index (χ1v) is 7.06. The molecule has 0 heterocycles. The van der Waals surface area contributed by atoms with Gasteiger partial charge in [-0.2, -0.15) is 0 Å². The molecule has 1 aromatic carbocycles. The minimum absolute atomic E-state index is 0.163. The number of aliphatic carboxylic acids is 1. The van der Waals surface area contributed by atoms with Gasteiger partial charge >= 0.3 is 5.97 Å². The number of aliphatic hydroxyl groups is 1. The molecule has 1 rings (SSSR count). The van der Waals surface area contributed by atoms with Gasteiger partial charge in [0, 0.05) is 19.0 Å². The molecule has 0 aliphatic rings. The van der Waals surface area contributed by atoms with Crippen molar-refractivity contribution < 1.29 is 15.0 Å². The fourth-order valence-corrected chi connectivity index (χ4v) is 2.24. The van der Waals surface area contributed by atoms with Gasteiger partial charge in [-0.05, 0) is 39.3 Å². The van der Waals surface area contributed by atoms with Crippen LogP contribution in [0.15, 0.2) is 30.3 Å². The lowest BCUT2D eigenvalue weighted by molar-refractivity contribution is -0.137. The molecule has 112 valence electrons. The van der Waals surface area contributed by atoms with Crippen LogP contribution in [0, 0.1) is 0 Å². The molecule has 1 atom stereocenters. The summed E-state index contributed by atoms with van der Waals surface area (Å²) < 4.78 is 0. The molecule has 1 unspecified atom stereocenters. The molecular weight excluding hydrogens is 254 g/mol. The molecule has 0 radical (unpaired) electrons. The Labute approximate surface area is 121 Å². The molecule has 0 aliphatic heterocycles. The van der Waals surface area contributed by atoms with Crippen LogP contribution >= 0.6 is 0 Å². The van der Waals surface area contributed by atoms with Crippen LogP contribution in [0.2, 0.25) is 0 Å². The number of nitrogens with zero attached hydrogens (tertiary/aromatic N) is 1. The maximum atomic E-state index is 10.7. The summed E-state index contributed by atoms with van der Waals surface area (Å²) in [5.74, 6) is -0.775. The summed E-state index contributed by atoms with van der Waals surface area (Å²) in [4.78, 5) is 12.7. The van der Waals surface area contributed by atoms with E-state index in [4.69, 9.17) is 5.11 Å². The Kier molecular flexibility index (Phi) is 6.17. The van der Waals surface area contributed by atoms with Crippen molar-refractivity contribution in [2.45, 2.75) is 45.3 Å². The third-order valence-corrected chi connectivity index (χ3v) is 3.47. The van der Waals surface area contributed by atoms with Crippen molar-refractivity contribution in [1.82, 2.24) is 4.90 Å². The molecule has 0 spiro atoms. The summed E-state index contributed by atoms with van der Waals surface area (Å²) in [6.45, 7) is 7.08. The van der Waals surface area contributed by atoms with Crippen molar-refractivity contribution in [1.29, 1.82) is 0 Å². The quantitative estimate of drug-likeness (QED) is 0.767. The summed E-state index contributed by atoms with van der Waals surface area (Å²) >= 11 is 0. The van der Waals surface area contributed by atoms with Crippen molar-refractivity contribution >= 4 is 5.97 Å². The molecule has 0 amide bonds. The largest absolute Gasteiger partial charge is 0.481 e. The second-order valence-electron chi connectivity index (χ2n) is 5.70. The first kappa shape index (κ1) is 16.7. The molecule has 0 aliphatic carbocycles. The van der Waals surface area contributed by atoms with Crippen LogP contribution in [0.5, 0.6) is 0 Å². The van der Waals surface area contributed by atoms with Crippen LogP contribution in [0.3, 0.4) is 0 Å². The van der Waals surface area contributed by atoms with Crippen LogP contribution in [0.1, 0.15) is 39.2 Å². The average molecular weight is 279 g/mol. The smallest absolute Gasteiger partial charge is 0.303 e. The Balaban J connectivity index is 2.67. The molecule has 0 fully saturated rings. The third-order valence-electron chi connectivity index (χ3n) is 3.47. The zero-order valence-corrected chi connectivity index (χ0v) is 12.5. The number of carboxylic acids is 1. The summed E-state index contributed by atoms with van der Waals surface area (Å²) in [7, 11) is 0. The molecule has 0 saturated carbocycles. The molecule has 2 N–H and O–H groups in total. The number of rotatable bonds is 8. The number of carbonyl (C=O) groups is 1. The van der Waals surface area contributed by atoms with Crippen LogP contribution < -0.4 is 0 Å². The standard InChI is InChI=1S/C16H25NO3/c1-13(2)17(11-7-10-15(18)19)12-16(3,20)14-8-5-4-6-9-14/h4-6,8-9,13,20H,7,10-12H2,1-3H3,(H,18,19). The van der Waals surface area contributed by atoms with E-state index in [-0.39, 0.29) is 12.5 Å². The summed E-state index contributed by atoms with van der Waals surface area (Å²) in [6, 6.07) is 9.83. The van der Waals surface area contributed by atoms with Gasteiger partial charge in [0.1, 0.15) is 0 Å². The van der Waals surface area contributed by atoms with E-state index in [1.165, 1.54) is 0 Å². The van der Waals surface area contributed by atoms with E-state index in [0.717, 1.165) is 5.56 Å². The van der Waals surface area contributed by atoms with Gasteiger partial charge in [-0.1, -0.05) is 30.3 Å². The topological polar surface area (TPSA) is 60.8 Å². The van der Waals surface area contributed by atoms with Crippen molar-refractivity contribution in [3.63, 3.8) is 0 Å². The van der Waals surface area contributed by atoms with E-state index >= 15 is 0 Å². The molecule has 0 saturated heterocycles. The van der Waals surface area contributed by atoms with Crippen LogP contribution in [0.4, 0.5) is 0 Å². The summed E-state index contributed by atoms with van der Waals surface area (Å²) in [6.07, 6.45) is 0.759. The molecule has 1 aromatic rings. The van der Waals surface area contributed by atoms with Crippen molar-refractivity contribution in [2.75, 3.05) is 13.1 Å². The van der Waals surface area contributed by atoms with Gasteiger partial charge in [0.2, 0.25) is 0 Å². The van der Waals surface area contributed by atoms with Gasteiger partial charge in [0.25, 0.3) is 0 Å². The average Bonchev–Trinajstić information content (AvgIpc) is 2.38. The van der Waals surface area contributed by atoms with E-state index in [2.05, 4.69) is 18.7 Å². The van der Waals surface area contributed by atoms with Crippen molar-refractivity contribution in [2.24, 2.45) is 0 Å². The lowest BCUT2D eigenvalue weighted by atomic mass is 9.95. The predicted octanol–water partition coefficient (Wildman–Crippen LogP) is 2.47. The highest BCUT2D eigenvalue weighted by molar-refractivity contribution is 5.66. The van der Waals surface area contributed by atoms with Gasteiger partial charge in [0.15, 0.2) is 0 Å². The highest BCUT2D eigenvalue weighted by atomic mass is 16.4. The highest BCUT2D eigenvalue weighted by Gasteiger charge is 2.27. The molecule has 0 bridgehead atoms. The fourth-order valence-electron chi connectivity index (χ4n) is 2.24. The van der Waals surface area contributed by atoms with Gasteiger partial charge < -0.3 is 10.2 Å². The van der Waals surface area contributed by atoms with Crippen molar-refractivity contribution in [3.05, 3.63) is 35.9 Å². The van der Waals surface area contributed by atoms with Gasteiger partial charge in [-0.25, -0.2) is 0 Å². The first-order chi connectivity index (χ1) is 9.33. The Morgan fingerprint density at radius 1 is 1.30 bits per heavy atom. The van der Waals surface area contributed by atoms with E-state index in [1.54, 1.807) is 6.92 Å². The minimum Gasteiger partial charge on any atom is -0.481 e. The monoisotopic (exact) mass is 279 g/mol. The van der Waals surface area contributed by atoms with Gasteiger partial charge in [-0.15, -0.1) is 0 Å². The third kappa shape index (κ3) is 5.31. The number of carboxylic acid groups (broad SMARTS) is 1. The van der Waals surface area contributed by atoms with Crippen LogP contribution in [0.25, 0.3) is 0 Å². The molecular formula is C16H25NO3. The highest BCUT2D eigenvalue weighted by Crippen LogP contribution is 2.22. The molecule has 4 nitrogen and oxygen atoms in total. The normalized spacial score (nSPS) is 14.5. The molecule has 4 heteroatoms. The predicted molar refractivity (Wildman–Crippen MR) is 79.6 cm³/mol. The van der Waals surface area contributed by atoms with Crippen LogP contribution in [-0.2, 0) is 10.4 Å². The maximum Gasteiger partial charge on any atom is 0.303 e. The molecule has 0 aromatic heterocycles. The summed E-state index contributed by atoms with van der Waals surface area (Å²) in [5, 5.41) is 19.4. The molecule has 20 heavy (non-hydrogen) atoms.